The zero-order chi connectivity index (χ0) is 22.2. The summed E-state index contributed by atoms with van der Waals surface area (Å²) >= 11 is 0. The minimum Gasteiger partial charge on any atom is -0.317 e. The molecule has 4 rings (SSSR count). The lowest BCUT2D eigenvalue weighted by Gasteiger charge is -2.26. The third-order valence-electron chi connectivity index (χ3n) is 4.64. The molecule has 3 aromatic rings. The van der Waals surface area contributed by atoms with Crippen molar-refractivity contribution in [1.82, 2.24) is 9.88 Å². The molecule has 31 heavy (non-hydrogen) atoms. The lowest BCUT2D eigenvalue weighted by molar-refractivity contribution is -0.137. The van der Waals surface area contributed by atoms with Gasteiger partial charge in [0.25, 0.3) is 11.8 Å². The zero-order valence-electron chi connectivity index (χ0n) is 15.8. The van der Waals surface area contributed by atoms with E-state index < -0.39 is 29.6 Å². The predicted molar refractivity (Wildman–Crippen MR) is 106 cm³/mol. The van der Waals surface area contributed by atoms with E-state index in [-0.39, 0.29) is 16.9 Å². The molecular formula is C22H14F3N3O3. The van der Waals surface area contributed by atoms with Crippen LogP contribution in [0.2, 0.25) is 0 Å². The molecule has 1 aromatic heterocycles. The minimum absolute atomic E-state index is 0.200. The van der Waals surface area contributed by atoms with Gasteiger partial charge in [0.05, 0.1) is 11.3 Å². The standard InChI is InChI=1S/C22H14F3N3O3/c23-22(24,25)14-6-4-9-16(12-14)27-11-5-10-17(27)13-18-19(29)26-21(31)28(20(18)30)15-7-2-1-3-8-15/h1-13H,(H,26,29,31). The highest BCUT2D eigenvalue weighted by molar-refractivity contribution is 6.39. The second-order valence-corrected chi connectivity index (χ2v) is 6.64. The number of para-hydroxylation sites is 1. The van der Waals surface area contributed by atoms with Crippen molar-refractivity contribution < 1.29 is 27.6 Å². The summed E-state index contributed by atoms with van der Waals surface area (Å²) in [6, 6.07) is 14.9. The van der Waals surface area contributed by atoms with Crippen LogP contribution < -0.4 is 10.2 Å². The molecule has 0 spiro atoms. The van der Waals surface area contributed by atoms with E-state index in [2.05, 4.69) is 5.32 Å². The van der Waals surface area contributed by atoms with Crippen molar-refractivity contribution in [3.05, 3.63) is 89.8 Å². The monoisotopic (exact) mass is 425 g/mol. The highest BCUT2D eigenvalue weighted by Gasteiger charge is 2.37. The van der Waals surface area contributed by atoms with Crippen LogP contribution in [0.15, 0.2) is 78.5 Å². The topological polar surface area (TPSA) is 71.4 Å². The number of anilines is 1. The SMILES string of the molecule is O=C1NC(=O)N(c2ccccc2)C(=O)C1=Cc1cccn1-c1cccc(C(F)(F)F)c1. The highest BCUT2D eigenvalue weighted by Crippen LogP contribution is 2.31. The molecule has 0 radical (unpaired) electrons. The summed E-state index contributed by atoms with van der Waals surface area (Å²) < 4.78 is 40.6. The van der Waals surface area contributed by atoms with Crippen molar-refractivity contribution in [2.75, 3.05) is 4.90 Å². The fraction of sp³-hybridized carbons (Fsp3) is 0.0455. The van der Waals surface area contributed by atoms with Crippen molar-refractivity contribution >= 4 is 29.6 Å². The van der Waals surface area contributed by atoms with Crippen molar-refractivity contribution in [2.45, 2.75) is 6.18 Å². The average molecular weight is 425 g/mol. The van der Waals surface area contributed by atoms with Gasteiger partial charge < -0.3 is 4.57 Å². The fourth-order valence-corrected chi connectivity index (χ4v) is 3.20. The summed E-state index contributed by atoms with van der Waals surface area (Å²) in [4.78, 5) is 38.3. The van der Waals surface area contributed by atoms with Crippen molar-refractivity contribution in [1.29, 1.82) is 0 Å². The average Bonchev–Trinajstić information content (AvgIpc) is 3.19. The summed E-state index contributed by atoms with van der Waals surface area (Å²) in [5.41, 5.74) is -0.386. The van der Waals surface area contributed by atoms with Crippen molar-refractivity contribution in [2.24, 2.45) is 0 Å². The number of alkyl halides is 3. The van der Waals surface area contributed by atoms with Crippen LogP contribution in [0.25, 0.3) is 11.8 Å². The number of aromatic nitrogens is 1. The number of urea groups is 1. The van der Waals surface area contributed by atoms with Crippen molar-refractivity contribution in [3.8, 4) is 5.69 Å². The molecule has 1 N–H and O–H groups in total. The first-order valence-corrected chi connectivity index (χ1v) is 9.07. The molecule has 1 aliphatic heterocycles. The van der Waals surface area contributed by atoms with E-state index in [4.69, 9.17) is 0 Å². The maximum atomic E-state index is 13.1. The molecule has 2 aromatic carbocycles. The Morgan fingerprint density at radius 2 is 1.55 bits per heavy atom. The van der Waals surface area contributed by atoms with Gasteiger partial charge in [0.1, 0.15) is 5.57 Å². The van der Waals surface area contributed by atoms with Crippen LogP contribution in [0, 0.1) is 0 Å². The Balaban J connectivity index is 1.75. The Morgan fingerprint density at radius 3 is 2.26 bits per heavy atom. The molecule has 0 bridgehead atoms. The van der Waals surface area contributed by atoms with Gasteiger partial charge in [-0.25, -0.2) is 9.69 Å². The molecule has 0 unspecified atom stereocenters. The maximum absolute atomic E-state index is 13.1. The number of halogens is 3. The van der Waals surface area contributed by atoms with Gasteiger partial charge in [-0.15, -0.1) is 0 Å². The molecule has 6 nitrogen and oxygen atoms in total. The summed E-state index contributed by atoms with van der Waals surface area (Å²) in [7, 11) is 0. The number of nitrogens with one attached hydrogen (secondary N) is 1. The third kappa shape index (κ3) is 3.85. The van der Waals surface area contributed by atoms with Crippen LogP contribution in [-0.4, -0.2) is 22.4 Å². The molecule has 0 saturated carbocycles. The Hall–Kier alpha value is -4.14. The summed E-state index contributed by atoms with van der Waals surface area (Å²) in [5, 5.41) is 2.11. The first-order chi connectivity index (χ1) is 14.8. The smallest absolute Gasteiger partial charge is 0.317 e. The van der Waals surface area contributed by atoms with Gasteiger partial charge in [0.2, 0.25) is 0 Å². The van der Waals surface area contributed by atoms with Crippen molar-refractivity contribution in [3.63, 3.8) is 0 Å². The van der Waals surface area contributed by atoms with E-state index in [0.29, 0.717) is 5.69 Å². The molecule has 1 saturated heterocycles. The largest absolute Gasteiger partial charge is 0.416 e. The van der Waals surface area contributed by atoms with Crippen LogP contribution in [-0.2, 0) is 15.8 Å². The molecule has 1 fully saturated rings. The number of benzene rings is 2. The number of hydrogen-bond donors (Lipinski definition) is 1. The molecule has 0 aliphatic carbocycles. The quantitative estimate of drug-likeness (QED) is 0.506. The fourth-order valence-electron chi connectivity index (χ4n) is 3.20. The first-order valence-electron chi connectivity index (χ1n) is 9.07. The summed E-state index contributed by atoms with van der Waals surface area (Å²) in [5.74, 6) is -1.73. The first kappa shape index (κ1) is 20.1. The van der Waals surface area contributed by atoms with Gasteiger partial charge in [-0.2, -0.15) is 13.2 Å². The molecule has 9 heteroatoms. The van der Waals surface area contributed by atoms with E-state index >= 15 is 0 Å². The van der Waals surface area contributed by atoms with Crippen LogP contribution in [0.5, 0.6) is 0 Å². The second kappa shape index (κ2) is 7.60. The van der Waals surface area contributed by atoms with Gasteiger partial charge in [-0.05, 0) is 48.5 Å². The summed E-state index contributed by atoms with van der Waals surface area (Å²) in [6.45, 7) is 0. The molecule has 2 heterocycles. The molecule has 4 amide bonds. The normalized spacial score (nSPS) is 16.0. The number of nitrogens with zero attached hydrogens (tertiary/aromatic N) is 2. The number of barbiturate groups is 1. The number of imide groups is 2. The molecule has 156 valence electrons. The maximum Gasteiger partial charge on any atom is 0.416 e. The lowest BCUT2D eigenvalue weighted by Crippen LogP contribution is -2.54. The molecular weight excluding hydrogens is 411 g/mol. The van der Waals surface area contributed by atoms with Crippen LogP contribution in [0.1, 0.15) is 11.3 Å². The van der Waals surface area contributed by atoms with E-state index in [1.165, 1.54) is 47.2 Å². The number of amides is 4. The van der Waals surface area contributed by atoms with E-state index in [9.17, 15) is 27.6 Å². The Labute approximate surface area is 174 Å². The Kier molecular flexibility index (Phi) is 4.94. The molecule has 0 atom stereocenters. The second-order valence-electron chi connectivity index (χ2n) is 6.64. The number of carbonyl (C=O) groups is 3. The summed E-state index contributed by atoms with van der Waals surface area (Å²) in [6.07, 6.45) is -1.77. The van der Waals surface area contributed by atoms with E-state index in [1.807, 2.05) is 0 Å². The molecule has 1 aliphatic rings. The zero-order valence-corrected chi connectivity index (χ0v) is 15.8. The number of hydrogen-bond acceptors (Lipinski definition) is 3. The van der Waals surface area contributed by atoms with Gasteiger partial charge in [0.15, 0.2) is 0 Å². The van der Waals surface area contributed by atoms with Gasteiger partial charge in [-0.1, -0.05) is 24.3 Å². The Bertz CT molecular complexity index is 1210. The van der Waals surface area contributed by atoms with Crippen LogP contribution in [0.4, 0.5) is 23.7 Å². The number of carbonyl (C=O) groups excluding carboxylic acids is 3. The Morgan fingerprint density at radius 1 is 0.839 bits per heavy atom. The van der Waals surface area contributed by atoms with Gasteiger partial charge in [-0.3, -0.25) is 14.9 Å². The van der Waals surface area contributed by atoms with E-state index in [1.54, 1.807) is 24.3 Å². The van der Waals surface area contributed by atoms with Gasteiger partial charge in [0, 0.05) is 17.6 Å². The van der Waals surface area contributed by atoms with E-state index in [0.717, 1.165) is 17.0 Å². The lowest BCUT2D eigenvalue weighted by atomic mass is 10.1. The predicted octanol–water partition coefficient (Wildman–Crippen LogP) is 4.16. The third-order valence-corrected chi connectivity index (χ3v) is 4.64. The van der Waals surface area contributed by atoms with Crippen LogP contribution in [0.3, 0.4) is 0 Å². The minimum atomic E-state index is -4.52. The highest BCUT2D eigenvalue weighted by atomic mass is 19.4. The van der Waals surface area contributed by atoms with Gasteiger partial charge >= 0.3 is 12.2 Å². The van der Waals surface area contributed by atoms with Crippen LogP contribution >= 0.6 is 0 Å². The number of rotatable bonds is 3.